The lowest BCUT2D eigenvalue weighted by Crippen LogP contribution is -2.54. The fourth-order valence-electron chi connectivity index (χ4n) is 2.73. The van der Waals surface area contributed by atoms with Crippen molar-refractivity contribution in [3.05, 3.63) is 23.5 Å². The molecule has 6 heteroatoms. The number of thiazole rings is 1. The molecular weight excluding hydrogens is 262 g/mol. The second-order valence-electron chi connectivity index (χ2n) is 5.02. The number of hydrogen-bond acceptors (Lipinski definition) is 5. The molecule has 1 aliphatic rings. The summed E-state index contributed by atoms with van der Waals surface area (Å²) in [6, 6.07) is -0.0500. The standard InChI is InChI=1S/C13H19N3O2S/c1-17-13(2-5-18-6-3-13)11(14)8-10-9-16-4-7-19-12(16)15-10/h4,7,9,11H,2-3,5-6,8,14H2,1H3. The van der Waals surface area contributed by atoms with E-state index in [0.717, 1.165) is 43.1 Å². The lowest BCUT2D eigenvalue weighted by molar-refractivity contribution is -0.103. The summed E-state index contributed by atoms with van der Waals surface area (Å²) in [5.74, 6) is 0. The molecular formula is C13H19N3O2S. The largest absolute Gasteiger partial charge is 0.381 e. The molecule has 1 atom stereocenters. The molecule has 0 amide bonds. The van der Waals surface area contributed by atoms with Gasteiger partial charge in [-0.1, -0.05) is 0 Å². The van der Waals surface area contributed by atoms with Gasteiger partial charge in [0.15, 0.2) is 4.96 Å². The minimum absolute atomic E-state index is 0.0500. The van der Waals surface area contributed by atoms with E-state index in [1.807, 2.05) is 22.2 Å². The van der Waals surface area contributed by atoms with Crippen LogP contribution in [0.5, 0.6) is 0 Å². The molecule has 0 radical (unpaired) electrons. The Morgan fingerprint density at radius 3 is 3.05 bits per heavy atom. The summed E-state index contributed by atoms with van der Waals surface area (Å²) in [6.45, 7) is 1.44. The lowest BCUT2D eigenvalue weighted by Gasteiger charge is -2.40. The molecule has 2 aromatic rings. The molecule has 3 rings (SSSR count). The minimum Gasteiger partial charge on any atom is -0.381 e. The van der Waals surface area contributed by atoms with E-state index in [2.05, 4.69) is 4.98 Å². The average Bonchev–Trinajstić information content (AvgIpc) is 3.00. The van der Waals surface area contributed by atoms with Crippen LogP contribution < -0.4 is 5.73 Å². The topological polar surface area (TPSA) is 61.8 Å². The average molecular weight is 281 g/mol. The Hall–Kier alpha value is -0.950. The number of imidazole rings is 1. The van der Waals surface area contributed by atoms with E-state index >= 15 is 0 Å². The maximum absolute atomic E-state index is 6.39. The number of nitrogens with two attached hydrogens (primary N) is 1. The summed E-state index contributed by atoms with van der Waals surface area (Å²) < 4.78 is 13.2. The van der Waals surface area contributed by atoms with E-state index < -0.39 is 0 Å². The van der Waals surface area contributed by atoms with E-state index in [9.17, 15) is 0 Å². The Balaban J connectivity index is 1.75. The number of ether oxygens (including phenoxy) is 2. The molecule has 5 nitrogen and oxygen atoms in total. The normalized spacial score (nSPS) is 20.7. The van der Waals surface area contributed by atoms with Crippen molar-refractivity contribution in [3.8, 4) is 0 Å². The summed E-state index contributed by atoms with van der Waals surface area (Å²) in [6.07, 6.45) is 6.51. The quantitative estimate of drug-likeness (QED) is 0.921. The van der Waals surface area contributed by atoms with Crippen LogP contribution in [0, 0.1) is 0 Å². The number of methoxy groups -OCH3 is 1. The van der Waals surface area contributed by atoms with Gasteiger partial charge in [0.2, 0.25) is 0 Å². The zero-order chi connectivity index (χ0) is 13.3. The third-order valence-corrected chi connectivity index (χ3v) is 4.76. The summed E-state index contributed by atoms with van der Waals surface area (Å²) in [5.41, 5.74) is 7.15. The highest BCUT2D eigenvalue weighted by atomic mass is 32.1. The zero-order valence-corrected chi connectivity index (χ0v) is 11.9. The lowest BCUT2D eigenvalue weighted by atomic mass is 9.84. The fraction of sp³-hybridized carbons (Fsp3) is 0.615. The molecule has 1 aliphatic heterocycles. The van der Waals surface area contributed by atoms with Gasteiger partial charge in [0.25, 0.3) is 0 Å². The maximum Gasteiger partial charge on any atom is 0.193 e. The monoisotopic (exact) mass is 281 g/mol. The van der Waals surface area contributed by atoms with Crippen LogP contribution in [0.2, 0.25) is 0 Å². The molecule has 0 aliphatic carbocycles. The second-order valence-corrected chi connectivity index (χ2v) is 5.89. The first-order chi connectivity index (χ1) is 9.23. The Bertz CT molecular complexity index is 516. The Labute approximate surface area is 116 Å². The van der Waals surface area contributed by atoms with Crippen molar-refractivity contribution in [2.45, 2.75) is 30.9 Å². The third-order valence-electron chi connectivity index (χ3n) is 3.99. The van der Waals surface area contributed by atoms with Gasteiger partial charge in [0, 0.05) is 63.4 Å². The van der Waals surface area contributed by atoms with Crippen molar-refractivity contribution >= 4 is 16.3 Å². The molecule has 1 unspecified atom stereocenters. The van der Waals surface area contributed by atoms with E-state index in [1.54, 1.807) is 18.4 Å². The second kappa shape index (κ2) is 5.20. The highest BCUT2D eigenvalue weighted by Gasteiger charge is 2.38. The van der Waals surface area contributed by atoms with E-state index in [-0.39, 0.29) is 11.6 Å². The van der Waals surface area contributed by atoms with Crippen LogP contribution in [0.1, 0.15) is 18.5 Å². The van der Waals surface area contributed by atoms with Gasteiger partial charge in [-0.3, -0.25) is 4.40 Å². The van der Waals surface area contributed by atoms with Gasteiger partial charge in [-0.05, 0) is 0 Å². The van der Waals surface area contributed by atoms with Gasteiger partial charge in [-0.25, -0.2) is 4.98 Å². The number of aromatic nitrogens is 2. The number of rotatable bonds is 4. The first-order valence-corrected chi connectivity index (χ1v) is 7.41. The van der Waals surface area contributed by atoms with E-state index in [1.165, 1.54) is 0 Å². The first-order valence-electron chi connectivity index (χ1n) is 6.53. The van der Waals surface area contributed by atoms with Crippen LogP contribution in [-0.4, -0.2) is 41.4 Å². The molecule has 1 saturated heterocycles. The zero-order valence-electron chi connectivity index (χ0n) is 11.0. The molecule has 0 bridgehead atoms. The SMILES string of the molecule is COC1(C(N)Cc2cn3ccsc3n2)CCOCC1. The van der Waals surface area contributed by atoms with Gasteiger partial charge in [-0.2, -0.15) is 0 Å². The molecule has 0 spiro atoms. The van der Waals surface area contributed by atoms with E-state index in [0.29, 0.717) is 0 Å². The van der Waals surface area contributed by atoms with Gasteiger partial charge in [0.05, 0.1) is 11.3 Å². The van der Waals surface area contributed by atoms with Crippen molar-refractivity contribution in [1.29, 1.82) is 0 Å². The summed E-state index contributed by atoms with van der Waals surface area (Å²) in [7, 11) is 1.75. The molecule has 0 saturated carbocycles. The Morgan fingerprint density at radius 2 is 2.37 bits per heavy atom. The predicted molar refractivity (Wildman–Crippen MR) is 74.5 cm³/mol. The van der Waals surface area contributed by atoms with Crippen molar-refractivity contribution in [2.24, 2.45) is 5.73 Å². The predicted octanol–water partition coefficient (Wildman–Crippen LogP) is 1.46. The van der Waals surface area contributed by atoms with Gasteiger partial charge in [-0.15, -0.1) is 11.3 Å². The van der Waals surface area contributed by atoms with Gasteiger partial charge < -0.3 is 15.2 Å². The van der Waals surface area contributed by atoms with Crippen molar-refractivity contribution in [3.63, 3.8) is 0 Å². The molecule has 2 N–H and O–H groups in total. The highest BCUT2D eigenvalue weighted by molar-refractivity contribution is 7.15. The van der Waals surface area contributed by atoms with Crippen LogP contribution in [0.25, 0.3) is 4.96 Å². The number of hydrogen-bond donors (Lipinski definition) is 1. The highest BCUT2D eigenvalue weighted by Crippen LogP contribution is 2.29. The van der Waals surface area contributed by atoms with Crippen LogP contribution >= 0.6 is 11.3 Å². The molecule has 104 valence electrons. The van der Waals surface area contributed by atoms with Crippen LogP contribution in [0.15, 0.2) is 17.8 Å². The van der Waals surface area contributed by atoms with Crippen molar-refractivity contribution < 1.29 is 9.47 Å². The summed E-state index contributed by atoms with van der Waals surface area (Å²) in [4.78, 5) is 5.60. The maximum atomic E-state index is 6.39. The Kier molecular flexibility index (Phi) is 3.58. The van der Waals surface area contributed by atoms with Crippen LogP contribution in [-0.2, 0) is 15.9 Å². The molecule has 2 aromatic heterocycles. The fourth-order valence-corrected chi connectivity index (χ4v) is 3.45. The molecule has 0 aromatic carbocycles. The van der Waals surface area contributed by atoms with Crippen molar-refractivity contribution in [2.75, 3.05) is 20.3 Å². The van der Waals surface area contributed by atoms with Crippen LogP contribution in [0.4, 0.5) is 0 Å². The minimum atomic E-state index is -0.269. The summed E-state index contributed by atoms with van der Waals surface area (Å²) in [5, 5.41) is 2.03. The van der Waals surface area contributed by atoms with Crippen molar-refractivity contribution in [1.82, 2.24) is 9.38 Å². The number of fused-ring (bicyclic) bond motifs is 1. The van der Waals surface area contributed by atoms with Gasteiger partial charge in [0.1, 0.15) is 0 Å². The summed E-state index contributed by atoms with van der Waals surface area (Å²) >= 11 is 1.64. The van der Waals surface area contributed by atoms with Gasteiger partial charge >= 0.3 is 0 Å². The Morgan fingerprint density at radius 1 is 1.58 bits per heavy atom. The smallest absolute Gasteiger partial charge is 0.193 e. The van der Waals surface area contributed by atoms with Crippen LogP contribution in [0.3, 0.4) is 0 Å². The molecule has 3 heterocycles. The first kappa shape index (κ1) is 13.1. The van der Waals surface area contributed by atoms with E-state index in [4.69, 9.17) is 15.2 Å². The molecule has 19 heavy (non-hydrogen) atoms. The molecule has 1 fully saturated rings. The third kappa shape index (κ3) is 2.41. The number of nitrogens with zero attached hydrogens (tertiary/aromatic N) is 2.